The van der Waals surface area contributed by atoms with Gasteiger partial charge in [0.05, 0.1) is 12.1 Å². The van der Waals surface area contributed by atoms with Crippen molar-refractivity contribution in [2.75, 3.05) is 39.3 Å². The normalized spacial score (nSPS) is 21.9. The zero-order valence-corrected chi connectivity index (χ0v) is 12.1. The van der Waals surface area contributed by atoms with Crippen LogP contribution in [-0.4, -0.2) is 60.5 Å². The SMILES string of the molecule is C#CC(C)(C)N1CCN(CC(=O)NCC2CC2)CC1. The molecule has 0 aromatic heterocycles. The highest BCUT2D eigenvalue weighted by Gasteiger charge is 2.28. The summed E-state index contributed by atoms with van der Waals surface area (Å²) < 4.78 is 0. The summed E-state index contributed by atoms with van der Waals surface area (Å²) in [6, 6.07) is 0. The standard InChI is InChI=1S/C15H25N3O/c1-4-15(2,3)18-9-7-17(8-10-18)12-14(19)16-11-13-5-6-13/h1,13H,5-12H2,2-3H3,(H,16,19). The molecule has 1 saturated heterocycles. The van der Waals surface area contributed by atoms with E-state index in [0.717, 1.165) is 38.6 Å². The minimum absolute atomic E-state index is 0.163. The third-order valence-corrected chi connectivity index (χ3v) is 4.17. The number of nitrogens with one attached hydrogen (secondary N) is 1. The van der Waals surface area contributed by atoms with Crippen molar-refractivity contribution in [2.45, 2.75) is 32.2 Å². The van der Waals surface area contributed by atoms with E-state index in [0.29, 0.717) is 6.54 Å². The molecule has 1 amide bonds. The maximum absolute atomic E-state index is 11.8. The van der Waals surface area contributed by atoms with E-state index in [1.165, 1.54) is 12.8 Å². The Morgan fingerprint density at radius 2 is 1.95 bits per heavy atom. The van der Waals surface area contributed by atoms with E-state index in [9.17, 15) is 4.79 Å². The Bertz CT molecular complexity index is 360. The summed E-state index contributed by atoms with van der Waals surface area (Å²) in [6.45, 7) is 9.25. The van der Waals surface area contributed by atoms with Gasteiger partial charge in [-0.3, -0.25) is 14.6 Å². The van der Waals surface area contributed by atoms with Crippen molar-refractivity contribution in [2.24, 2.45) is 5.92 Å². The third-order valence-electron chi connectivity index (χ3n) is 4.17. The lowest BCUT2D eigenvalue weighted by Gasteiger charge is -2.41. The van der Waals surface area contributed by atoms with Gasteiger partial charge in [-0.05, 0) is 32.6 Å². The molecule has 1 aliphatic carbocycles. The molecule has 2 rings (SSSR count). The van der Waals surface area contributed by atoms with Crippen molar-refractivity contribution in [3.8, 4) is 12.3 Å². The molecule has 106 valence electrons. The summed E-state index contributed by atoms with van der Waals surface area (Å²) >= 11 is 0. The second kappa shape index (κ2) is 5.94. The predicted octanol–water partition coefficient (Wildman–Crippen LogP) is 0.542. The molecule has 2 fully saturated rings. The van der Waals surface area contributed by atoms with Crippen molar-refractivity contribution in [3.63, 3.8) is 0 Å². The number of amides is 1. The van der Waals surface area contributed by atoms with E-state index in [1.54, 1.807) is 0 Å². The predicted molar refractivity (Wildman–Crippen MR) is 76.7 cm³/mol. The number of terminal acetylenes is 1. The quantitative estimate of drug-likeness (QED) is 0.736. The van der Waals surface area contributed by atoms with E-state index in [4.69, 9.17) is 6.42 Å². The van der Waals surface area contributed by atoms with Crippen molar-refractivity contribution in [1.82, 2.24) is 15.1 Å². The van der Waals surface area contributed by atoms with E-state index >= 15 is 0 Å². The highest BCUT2D eigenvalue weighted by molar-refractivity contribution is 5.78. The molecule has 19 heavy (non-hydrogen) atoms. The maximum Gasteiger partial charge on any atom is 0.234 e. The largest absolute Gasteiger partial charge is 0.355 e. The summed E-state index contributed by atoms with van der Waals surface area (Å²) in [6.07, 6.45) is 8.11. The average molecular weight is 263 g/mol. The summed E-state index contributed by atoms with van der Waals surface area (Å²) in [5.74, 6) is 3.75. The highest BCUT2D eigenvalue weighted by atomic mass is 16.2. The van der Waals surface area contributed by atoms with Crippen LogP contribution in [0.2, 0.25) is 0 Å². The second-order valence-corrected chi connectivity index (χ2v) is 6.21. The van der Waals surface area contributed by atoms with E-state index in [2.05, 4.69) is 34.9 Å². The van der Waals surface area contributed by atoms with Crippen LogP contribution < -0.4 is 5.32 Å². The van der Waals surface area contributed by atoms with Gasteiger partial charge in [-0.15, -0.1) is 6.42 Å². The van der Waals surface area contributed by atoms with Crippen LogP contribution in [0, 0.1) is 18.3 Å². The minimum atomic E-state index is -0.180. The van der Waals surface area contributed by atoms with Gasteiger partial charge in [-0.1, -0.05) is 5.92 Å². The zero-order valence-electron chi connectivity index (χ0n) is 12.1. The third kappa shape index (κ3) is 4.22. The van der Waals surface area contributed by atoms with Crippen LogP contribution in [0.4, 0.5) is 0 Å². The molecular formula is C15H25N3O. The van der Waals surface area contributed by atoms with Gasteiger partial charge < -0.3 is 5.32 Å². The Morgan fingerprint density at radius 3 is 2.47 bits per heavy atom. The molecule has 0 radical (unpaired) electrons. The first-order chi connectivity index (χ1) is 9.01. The minimum Gasteiger partial charge on any atom is -0.355 e. The van der Waals surface area contributed by atoms with Gasteiger partial charge in [0.1, 0.15) is 0 Å². The number of piperazine rings is 1. The van der Waals surface area contributed by atoms with Gasteiger partial charge >= 0.3 is 0 Å². The van der Waals surface area contributed by atoms with Gasteiger partial charge in [0.15, 0.2) is 0 Å². The number of nitrogens with zero attached hydrogens (tertiary/aromatic N) is 2. The van der Waals surface area contributed by atoms with Crippen LogP contribution >= 0.6 is 0 Å². The first kappa shape index (κ1) is 14.4. The van der Waals surface area contributed by atoms with Gasteiger partial charge in [0, 0.05) is 32.7 Å². The fourth-order valence-electron chi connectivity index (χ4n) is 2.40. The van der Waals surface area contributed by atoms with Gasteiger partial charge in [-0.25, -0.2) is 0 Å². The molecule has 4 nitrogen and oxygen atoms in total. The number of rotatable bonds is 5. The maximum atomic E-state index is 11.8. The molecule has 0 aromatic rings. The van der Waals surface area contributed by atoms with Crippen LogP contribution in [-0.2, 0) is 4.79 Å². The van der Waals surface area contributed by atoms with Crippen LogP contribution in [0.15, 0.2) is 0 Å². The van der Waals surface area contributed by atoms with E-state index < -0.39 is 0 Å². The Kier molecular flexibility index (Phi) is 4.49. The number of hydrogen-bond acceptors (Lipinski definition) is 3. The molecule has 1 N–H and O–H groups in total. The summed E-state index contributed by atoms with van der Waals surface area (Å²) in [7, 11) is 0. The Labute approximate surface area is 116 Å². The topological polar surface area (TPSA) is 35.6 Å². The van der Waals surface area contributed by atoms with Crippen LogP contribution in [0.1, 0.15) is 26.7 Å². The lowest BCUT2D eigenvalue weighted by Crippen LogP contribution is -2.55. The van der Waals surface area contributed by atoms with Crippen molar-refractivity contribution < 1.29 is 4.79 Å². The van der Waals surface area contributed by atoms with Crippen molar-refractivity contribution >= 4 is 5.91 Å². The van der Waals surface area contributed by atoms with Crippen LogP contribution in [0.3, 0.4) is 0 Å². The number of hydrogen-bond donors (Lipinski definition) is 1. The smallest absolute Gasteiger partial charge is 0.234 e. The fraction of sp³-hybridized carbons (Fsp3) is 0.800. The molecule has 1 aliphatic heterocycles. The zero-order chi connectivity index (χ0) is 13.9. The van der Waals surface area contributed by atoms with Gasteiger partial charge in [0.2, 0.25) is 5.91 Å². The summed E-state index contributed by atoms with van der Waals surface area (Å²) in [4.78, 5) is 16.3. The summed E-state index contributed by atoms with van der Waals surface area (Å²) in [5.41, 5.74) is -0.180. The molecule has 0 unspecified atom stereocenters. The molecule has 0 aromatic carbocycles. The molecule has 0 bridgehead atoms. The van der Waals surface area contributed by atoms with Crippen LogP contribution in [0.25, 0.3) is 0 Å². The van der Waals surface area contributed by atoms with E-state index in [-0.39, 0.29) is 11.4 Å². The van der Waals surface area contributed by atoms with Gasteiger partial charge in [0.25, 0.3) is 0 Å². The second-order valence-electron chi connectivity index (χ2n) is 6.21. The lowest BCUT2D eigenvalue weighted by atomic mass is 10.0. The van der Waals surface area contributed by atoms with Crippen molar-refractivity contribution in [3.05, 3.63) is 0 Å². The Morgan fingerprint density at radius 1 is 1.32 bits per heavy atom. The monoisotopic (exact) mass is 263 g/mol. The first-order valence-electron chi connectivity index (χ1n) is 7.23. The number of carbonyl (C=O) groups excluding carboxylic acids is 1. The molecule has 1 heterocycles. The van der Waals surface area contributed by atoms with Crippen LogP contribution in [0.5, 0.6) is 0 Å². The lowest BCUT2D eigenvalue weighted by molar-refractivity contribution is -0.122. The average Bonchev–Trinajstić information content (AvgIpc) is 3.21. The molecule has 0 spiro atoms. The fourth-order valence-corrected chi connectivity index (χ4v) is 2.40. The molecule has 2 aliphatic rings. The Hall–Kier alpha value is -1.05. The molecular weight excluding hydrogens is 238 g/mol. The van der Waals surface area contributed by atoms with Gasteiger partial charge in [-0.2, -0.15) is 0 Å². The summed E-state index contributed by atoms with van der Waals surface area (Å²) in [5, 5.41) is 3.02. The molecule has 0 atom stereocenters. The highest BCUT2D eigenvalue weighted by Crippen LogP contribution is 2.27. The molecule has 4 heteroatoms. The van der Waals surface area contributed by atoms with Crippen molar-refractivity contribution in [1.29, 1.82) is 0 Å². The molecule has 1 saturated carbocycles. The number of carbonyl (C=O) groups is 1. The van der Waals surface area contributed by atoms with E-state index in [1.807, 2.05) is 0 Å². The first-order valence-corrected chi connectivity index (χ1v) is 7.23. The Balaban J connectivity index is 1.68.